The minimum Gasteiger partial charge on any atom is -0.395 e. The average molecular weight is 255 g/mol. The van der Waals surface area contributed by atoms with Gasteiger partial charge in [0.05, 0.1) is 11.5 Å². The van der Waals surface area contributed by atoms with Gasteiger partial charge in [-0.3, -0.25) is 4.79 Å². The van der Waals surface area contributed by atoms with E-state index in [-0.39, 0.29) is 12.5 Å². The molecule has 0 bridgehead atoms. The van der Waals surface area contributed by atoms with Crippen LogP contribution in [0, 0.1) is 0 Å². The molecule has 0 saturated heterocycles. The van der Waals surface area contributed by atoms with Crippen molar-refractivity contribution in [1.82, 2.24) is 4.90 Å². The van der Waals surface area contributed by atoms with Crippen LogP contribution in [0.3, 0.4) is 0 Å². The van der Waals surface area contributed by atoms with Crippen molar-refractivity contribution in [2.24, 2.45) is 0 Å². The van der Waals surface area contributed by atoms with Crippen molar-refractivity contribution >= 4 is 17.2 Å². The third-order valence-corrected chi connectivity index (χ3v) is 3.97. The largest absolute Gasteiger partial charge is 0.395 e. The van der Waals surface area contributed by atoms with Crippen LogP contribution in [-0.4, -0.2) is 36.1 Å². The Kier molecular flexibility index (Phi) is 5.65. The van der Waals surface area contributed by atoms with Crippen molar-refractivity contribution < 1.29 is 9.90 Å². The van der Waals surface area contributed by atoms with Crippen LogP contribution < -0.4 is 0 Å². The summed E-state index contributed by atoms with van der Waals surface area (Å²) in [5.41, 5.74) is 1.29. The zero-order valence-electron chi connectivity index (χ0n) is 10.8. The molecule has 96 valence electrons. The Morgan fingerprint density at radius 2 is 2.18 bits per heavy atom. The van der Waals surface area contributed by atoms with Crippen molar-refractivity contribution in [2.45, 2.75) is 33.1 Å². The van der Waals surface area contributed by atoms with Crippen LogP contribution in [0.2, 0.25) is 0 Å². The Morgan fingerprint density at radius 3 is 2.71 bits per heavy atom. The second-order valence-corrected chi connectivity index (χ2v) is 5.25. The number of aryl methyl sites for hydroxylation is 2. The maximum absolute atomic E-state index is 12.0. The van der Waals surface area contributed by atoms with Gasteiger partial charge in [-0.15, -0.1) is 11.3 Å². The number of hydrogen-bond donors (Lipinski definition) is 1. The molecule has 0 unspecified atom stereocenters. The van der Waals surface area contributed by atoms with E-state index in [0.717, 1.165) is 24.1 Å². The van der Waals surface area contributed by atoms with Gasteiger partial charge in [0.15, 0.2) is 0 Å². The highest BCUT2D eigenvalue weighted by atomic mass is 32.1. The number of aliphatic hydroxyl groups excluding tert-OH is 1. The number of carbonyl (C=O) groups is 1. The first-order valence-electron chi connectivity index (χ1n) is 6.11. The highest BCUT2D eigenvalue weighted by molar-refractivity contribution is 7.14. The maximum Gasteiger partial charge on any atom is 0.263 e. The number of thiophene rings is 1. The third kappa shape index (κ3) is 3.54. The normalized spacial score (nSPS) is 10.6. The Balaban J connectivity index is 2.87. The second kappa shape index (κ2) is 6.77. The van der Waals surface area contributed by atoms with E-state index in [9.17, 15) is 4.79 Å². The monoisotopic (exact) mass is 255 g/mol. The molecule has 1 aromatic rings. The lowest BCUT2D eigenvalue weighted by atomic mass is 10.1. The molecule has 0 aliphatic carbocycles. The summed E-state index contributed by atoms with van der Waals surface area (Å²) in [5.74, 6) is 0.0149. The molecule has 3 nitrogen and oxygen atoms in total. The summed E-state index contributed by atoms with van der Waals surface area (Å²) in [7, 11) is 1.73. The van der Waals surface area contributed by atoms with Gasteiger partial charge in [0, 0.05) is 18.5 Å². The maximum atomic E-state index is 12.0. The summed E-state index contributed by atoms with van der Waals surface area (Å²) in [6, 6.07) is 2.01. The van der Waals surface area contributed by atoms with Crippen LogP contribution in [0.25, 0.3) is 0 Å². The highest BCUT2D eigenvalue weighted by Crippen LogP contribution is 2.25. The molecule has 1 rings (SSSR count). The molecule has 1 aromatic heterocycles. The average Bonchev–Trinajstić information content (AvgIpc) is 2.72. The van der Waals surface area contributed by atoms with E-state index < -0.39 is 0 Å². The van der Waals surface area contributed by atoms with Crippen LogP contribution >= 0.6 is 11.3 Å². The van der Waals surface area contributed by atoms with Crippen LogP contribution in [0.15, 0.2) is 6.07 Å². The van der Waals surface area contributed by atoms with Crippen molar-refractivity contribution in [3.8, 4) is 0 Å². The van der Waals surface area contributed by atoms with Gasteiger partial charge in [-0.1, -0.05) is 20.3 Å². The van der Waals surface area contributed by atoms with Gasteiger partial charge in [0.1, 0.15) is 0 Å². The first-order valence-corrected chi connectivity index (χ1v) is 6.93. The lowest BCUT2D eigenvalue weighted by Crippen LogP contribution is -2.28. The lowest BCUT2D eigenvalue weighted by molar-refractivity contribution is 0.0771. The van der Waals surface area contributed by atoms with Gasteiger partial charge in [-0.25, -0.2) is 0 Å². The van der Waals surface area contributed by atoms with E-state index >= 15 is 0 Å². The Labute approximate surface area is 107 Å². The highest BCUT2D eigenvalue weighted by Gasteiger charge is 2.16. The minimum absolute atomic E-state index is 0.00999. The Bertz CT molecular complexity index is 373. The summed E-state index contributed by atoms with van der Waals surface area (Å²) in [5, 5.41) is 8.83. The van der Waals surface area contributed by atoms with Crippen LogP contribution in [0.5, 0.6) is 0 Å². The molecule has 0 atom stereocenters. The quantitative estimate of drug-likeness (QED) is 0.847. The summed E-state index contributed by atoms with van der Waals surface area (Å²) >= 11 is 1.60. The smallest absolute Gasteiger partial charge is 0.263 e. The zero-order valence-corrected chi connectivity index (χ0v) is 11.6. The fourth-order valence-corrected chi connectivity index (χ4v) is 3.10. The van der Waals surface area contributed by atoms with Gasteiger partial charge in [0.2, 0.25) is 0 Å². The molecule has 0 spiro atoms. The van der Waals surface area contributed by atoms with E-state index in [0.29, 0.717) is 6.54 Å². The molecule has 17 heavy (non-hydrogen) atoms. The number of amides is 1. The topological polar surface area (TPSA) is 40.5 Å². The molecule has 0 aliphatic heterocycles. The van der Waals surface area contributed by atoms with Gasteiger partial charge in [-0.05, 0) is 24.5 Å². The van der Waals surface area contributed by atoms with E-state index in [1.54, 1.807) is 23.3 Å². The third-order valence-electron chi connectivity index (χ3n) is 2.75. The van der Waals surface area contributed by atoms with Gasteiger partial charge < -0.3 is 10.0 Å². The second-order valence-electron chi connectivity index (χ2n) is 4.11. The first kappa shape index (κ1) is 14.2. The fourth-order valence-electron chi connectivity index (χ4n) is 1.75. The predicted molar refractivity (Wildman–Crippen MR) is 71.7 cm³/mol. The molecule has 0 aromatic carbocycles. The SMILES string of the molecule is CCCc1sc(C(=O)N(C)CCO)cc1CC. The molecule has 0 saturated carbocycles. The van der Waals surface area contributed by atoms with Gasteiger partial charge >= 0.3 is 0 Å². The van der Waals surface area contributed by atoms with Gasteiger partial charge in [0.25, 0.3) is 5.91 Å². The van der Waals surface area contributed by atoms with Crippen molar-refractivity contribution in [2.75, 3.05) is 20.2 Å². The minimum atomic E-state index is 0.00999. The predicted octanol–water partition coefficient (Wildman–Crippen LogP) is 2.33. The number of hydrogen-bond acceptors (Lipinski definition) is 3. The Morgan fingerprint density at radius 1 is 1.47 bits per heavy atom. The number of carbonyl (C=O) groups excluding carboxylic acids is 1. The Hall–Kier alpha value is -0.870. The summed E-state index contributed by atoms with van der Waals surface area (Å²) in [6.45, 7) is 4.67. The van der Waals surface area contributed by atoms with E-state index in [4.69, 9.17) is 5.11 Å². The standard InChI is InChI=1S/C13H21NO2S/c1-4-6-11-10(5-2)9-12(17-11)13(16)14(3)7-8-15/h9,15H,4-8H2,1-3H3. The van der Waals surface area contributed by atoms with Crippen molar-refractivity contribution in [3.05, 3.63) is 21.4 Å². The lowest BCUT2D eigenvalue weighted by Gasteiger charge is -2.13. The first-order chi connectivity index (χ1) is 8.13. The zero-order chi connectivity index (χ0) is 12.8. The van der Waals surface area contributed by atoms with E-state index in [1.807, 2.05) is 6.07 Å². The molecule has 1 amide bonds. The molecular weight excluding hydrogens is 234 g/mol. The molecule has 1 N–H and O–H groups in total. The van der Waals surface area contributed by atoms with Crippen molar-refractivity contribution in [3.63, 3.8) is 0 Å². The summed E-state index contributed by atoms with van der Waals surface area (Å²) in [4.78, 5) is 15.7. The number of aliphatic hydroxyl groups is 1. The molecule has 1 heterocycles. The van der Waals surface area contributed by atoms with E-state index in [2.05, 4.69) is 13.8 Å². The van der Waals surface area contributed by atoms with Crippen LogP contribution in [0.1, 0.15) is 40.4 Å². The number of rotatable bonds is 6. The van der Waals surface area contributed by atoms with Gasteiger partial charge in [-0.2, -0.15) is 0 Å². The molecule has 0 fully saturated rings. The van der Waals surface area contributed by atoms with Crippen LogP contribution in [-0.2, 0) is 12.8 Å². The molecule has 4 heteroatoms. The number of nitrogens with zero attached hydrogens (tertiary/aromatic N) is 1. The number of likely N-dealkylation sites (N-methyl/N-ethyl adjacent to an activating group) is 1. The van der Waals surface area contributed by atoms with E-state index in [1.165, 1.54) is 10.4 Å². The fraction of sp³-hybridized carbons (Fsp3) is 0.615. The van der Waals surface area contributed by atoms with Crippen molar-refractivity contribution in [1.29, 1.82) is 0 Å². The summed E-state index contributed by atoms with van der Waals surface area (Å²) < 4.78 is 0. The van der Waals surface area contributed by atoms with Crippen LogP contribution in [0.4, 0.5) is 0 Å². The molecule has 0 aliphatic rings. The molecular formula is C13H21NO2S. The molecule has 0 radical (unpaired) electrons. The summed E-state index contributed by atoms with van der Waals surface area (Å²) in [6.07, 6.45) is 3.13.